The van der Waals surface area contributed by atoms with Crippen LogP contribution in [-0.2, 0) is 17.0 Å². The molecule has 0 saturated heterocycles. The van der Waals surface area contributed by atoms with Gasteiger partial charge in [-0.2, -0.15) is 8.42 Å². The number of rotatable bonds is 2. The largest absolute Gasteiger partial charge is 0.476 e. The second-order valence-electron chi connectivity index (χ2n) is 2.40. The summed E-state index contributed by atoms with van der Waals surface area (Å²) < 4.78 is 36.6. The van der Waals surface area contributed by atoms with E-state index in [1.807, 2.05) is 18.2 Å². The van der Waals surface area contributed by atoms with Crippen LogP contribution in [0, 0.1) is 0 Å². The summed E-state index contributed by atoms with van der Waals surface area (Å²) in [5, 5.41) is 0. The lowest BCUT2D eigenvalue weighted by molar-refractivity contribution is 0.501. The van der Waals surface area contributed by atoms with Gasteiger partial charge in [0, 0.05) is 0 Å². The van der Waals surface area contributed by atoms with Crippen LogP contribution < -0.4 is 5.73 Å². The van der Waals surface area contributed by atoms with Crippen LogP contribution in [0.3, 0.4) is 0 Å². The molecule has 0 spiro atoms. The van der Waals surface area contributed by atoms with Crippen molar-refractivity contribution in [1.29, 1.82) is 0 Å². The van der Waals surface area contributed by atoms with E-state index in [9.17, 15) is 7.77 Å². The van der Waals surface area contributed by atoms with Crippen LogP contribution >= 0.6 is 0 Å². The smallest absolute Gasteiger partial charge is 0.330 e. The van der Waals surface area contributed by atoms with Crippen molar-refractivity contribution < 1.29 is 16.2 Å². The van der Waals surface area contributed by atoms with Crippen LogP contribution in [-0.4, -0.2) is 15.0 Å². The van der Waals surface area contributed by atoms with E-state index >= 15 is 0 Å². The Morgan fingerprint density at radius 1 is 1.14 bits per heavy atom. The second-order valence-corrected chi connectivity index (χ2v) is 3.16. The van der Waals surface area contributed by atoms with E-state index < -0.39 is 10.6 Å². The van der Waals surface area contributed by atoms with Gasteiger partial charge < -0.3 is 5.73 Å². The molecule has 0 heterocycles. The summed E-state index contributed by atoms with van der Waals surface area (Å²) in [6.45, 7) is 0.740. The van der Waals surface area contributed by atoms with E-state index in [1.54, 1.807) is 0 Å². The Morgan fingerprint density at radius 3 is 1.93 bits per heavy atom. The van der Waals surface area contributed by atoms with Crippen molar-refractivity contribution in [2.45, 2.75) is 6.42 Å². The van der Waals surface area contributed by atoms with Crippen molar-refractivity contribution >= 4 is 10.6 Å². The van der Waals surface area contributed by atoms with Gasteiger partial charge in [-0.05, 0) is 18.5 Å². The van der Waals surface area contributed by atoms with Crippen molar-refractivity contribution in [3.8, 4) is 0 Å². The highest BCUT2D eigenvalue weighted by atomic mass is 32.3. The quantitative estimate of drug-likeness (QED) is 0.770. The van der Waals surface area contributed by atoms with Gasteiger partial charge in [0.1, 0.15) is 0 Å². The van der Waals surface area contributed by atoms with Gasteiger partial charge in [0.15, 0.2) is 0 Å². The fraction of sp³-hybridized carbons (Fsp3) is 0.250. The van der Waals surface area contributed by atoms with Crippen molar-refractivity contribution in [2.24, 2.45) is 5.73 Å². The topological polar surface area (TPSA) is 60.2 Å². The molecule has 0 fully saturated rings. The summed E-state index contributed by atoms with van der Waals surface area (Å²) in [6.07, 6.45) is 0.987. The Morgan fingerprint density at radius 2 is 1.57 bits per heavy atom. The molecule has 1 aromatic carbocycles. The third-order valence-electron chi connectivity index (χ3n) is 1.28. The summed E-state index contributed by atoms with van der Waals surface area (Å²) in [4.78, 5) is 0. The average molecular weight is 223 g/mol. The molecule has 14 heavy (non-hydrogen) atoms. The van der Waals surface area contributed by atoms with Gasteiger partial charge in [-0.1, -0.05) is 38.1 Å². The fourth-order valence-electron chi connectivity index (χ4n) is 0.811. The SMILES string of the molecule is NCCc1ccccc1.O=S(=O)(F)F. The van der Waals surface area contributed by atoms with Crippen LogP contribution in [0.15, 0.2) is 30.3 Å². The van der Waals surface area contributed by atoms with E-state index in [4.69, 9.17) is 14.2 Å². The van der Waals surface area contributed by atoms with Crippen molar-refractivity contribution in [2.75, 3.05) is 6.54 Å². The van der Waals surface area contributed by atoms with Crippen molar-refractivity contribution in [3.05, 3.63) is 35.9 Å². The third-order valence-corrected chi connectivity index (χ3v) is 1.28. The monoisotopic (exact) mass is 223 g/mol. The highest BCUT2D eigenvalue weighted by molar-refractivity contribution is 7.81. The minimum absolute atomic E-state index is 0.740. The summed E-state index contributed by atoms with van der Waals surface area (Å²) in [5.41, 5.74) is 6.68. The maximum Gasteiger partial charge on any atom is 0.476 e. The Labute approximate surface area is 82.1 Å². The zero-order valence-electron chi connectivity index (χ0n) is 7.36. The molecule has 0 aliphatic heterocycles. The minimum Gasteiger partial charge on any atom is -0.330 e. The number of hydrogen-bond acceptors (Lipinski definition) is 3. The van der Waals surface area contributed by atoms with E-state index in [0.29, 0.717) is 0 Å². The van der Waals surface area contributed by atoms with E-state index in [2.05, 4.69) is 12.1 Å². The molecular formula is C8H11F2NO2S. The van der Waals surface area contributed by atoms with Crippen LogP contribution in [0.1, 0.15) is 5.56 Å². The van der Waals surface area contributed by atoms with Crippen LogP contribution in [0.5, 0.6) is 0 Å². The fourth-order valence-corrected chi connectivity index (χ4v) is 0.811. The first-order valence-electron chi connectivity index (χ1n) is 3.81. The molecule has 1 aromatic rings. The van der Waals surface area contributed by atoms with Crippen LogP contribution in [0.2, 0.25) is 0 Å². The zero-order valence-corrected chi connectivity index (χ0v) is 8.18. The highest BCUT2D eigenvalue weighted by Crippen LogP contribution is 1.96. The summed E-state index contributed by atoms with van der Waals surface area (Å²) in [6, 6.07) is 10.3. The zero-order chi connectivity index (χ0) is 11.0. The lowest BCUT2D eigenvalue weighted by Gasteiger charge is -1.93. The Balaban J connectivity index is 0.000000292. The predicted octanol–water partition coefficient (Wildman–Crippen LogP) is 1.36. The number of benzene rings is 1. The normalized spacial score (nSPS) is 10.2. The molecule has 0 unspecified atom stereocenters. The maximum atomic E-state index is 9.99. The molecular weight excluding hydrogens is 212 g/mol. The van der Waals surface area contributed by atoms with Gasteiger partial charge in [-0.25, -0.2) is 0 Å². The molecule has 0 aliphatic carbocycles. The summed E-state index contributed by atoms with van der Waals surface area (Å²) in [7, 11) is -5.67. The van der Waals surface area contributed by atoms with Gasteiger partial charge in [0.2, 0.25) is 0 Å². The Bertz CT molecular complexity index is 332. The van der Waals surface area contributed by atoms with Gasteiger partial charge in [0.25, 0.3) is 0 Å². The van der Waals surface area contributed by atoms with Gasteiger partial charge in [-0.15, -0.1) is 0 Å². The molecule has 2 N–H and O–H groups in total. The number of hydrogen-bond donors (Lipinski definition) is 1. The first-order chi connectivity index (χ1) is 6.43. The predicted molar refractivity (Wildman–Crippen MR) is 50.3 cm³/mol. The van der Waals surface area contributed by atoms with Crippen molar-refractivity contribution in [3.63, 3.8) is 0 Å². The average Bonchev–Trinajstić information content (AvgIpc) is 2.03. The van der Waals surface area contributed by atoms with Gasteiger partial charge in [0.05, 0.1) is 0 Å². The second kappa shape index (κ2) is 6.44. The molecule has 0 aliphatic rings. The molecule has 80 valence electrons. The standard InChI is InChI=1S/C8H11N.F2O2S/c9-7-6-8-4-2-1-3-5-8;1-5(2,3)4/h1-5H,6-7,9H2;. The molecule has 1 rings (SSSR count). The van der Waals surface area contributed by atoms with Crippen LogP contribution in [0.4, 0.5) is 7.77 Å². The molecule has 3 nitrogen and oxygen atoms in total. The molecule has 0 atom stereocenters. The van der Waals surface area contributed by atoms with Crippen LogP contribution in [0.25, 0.3) is 0 Å². The molecule has 0 bridgehead atoms. The molecule has 6 heteroatoms. The number of nitrogens with two attached hydrogens (primary N) is 1. The van der Waals surface area contributed by atoms with Gasteiger partial charge in [-0.3, -0.25) is 0 Å². The van der Waals surface area contributed by atoms with E-state index in [0.717, 1.165) is 13.0 Å². The van der Waals surface area contributed by atoms with E-state index in [1.165, 1.54) is 5.56 Å². The molecule has 0 amide bonds. The first kappa shape index (κ1) is 13.0. The maximum absolute atomic E-state index is 9.99. The first-order valence-corrected chi connectivity index (χ1v) is 5.10. The third kappa shape index (κ3) is 11.0. The molecule has 0 aromatic heterocycles. The molecule has 0 saturated carbocycles. The Kier molecular flexibility index (Phi) is 5.98. The van der Waals surface area contributed by atoms with E-state index in [-0.39, 0.29) is 0 Å². The lowest BCUT2D eigenvalue weighted by Crippen LogP contribution is -2.01. The van der Waals surface area contributed by atoms with Gasteiger partial charge >= 0.3 is 10.6 Å². The number of halogens is 2. The summed E-state index contributed by atoms with van der Waals surface area (Å²) in [5.74, 6) is 0. The lowest BCUT2D eigenvalue weighted by atomic mass is 10.2. The minimum atomic E-state index is -5.67. The Hall–Kier alpha value is -1.01. The molecule has 0 radical (unpaired) electrons. The van der Waals surface area contributed by atoms with Crippen molar-refractivity contribution in [1.82, 2.24) is 0 Å². The highest BCUT2D eigenvalue weighted by Gasteiger charge is 1.94. The summed E-state index contributed by atoms with van der Waals surface area (Å²) >= 11 is 0.